The first-order valence-corrected chi connectivity index (χ1v) is 9.14. The molecule has 1 N–H and O–H groups in total. The van der Waals surface area contributed by atoms with Crippen LogP contribution in [0.4, 0.5) is 0 Å². The van der Waals surface area contributed by atoms with Crippen LogP contribution in [0, 0.1) is 6.92 Å². The van der Waals surface area contributed by atoms with Gasteiger partial charge in [-0.05, 0) is 56.4 Å². The molecule has 0 saturated heterocycles. The number of hydrogen-bond acceptors (Lipinski definition) is 3. The first-order chi connectivity index (χ1) is 10.8. The van der Waals surface area contributed by atoms with Crippen LogP contribution in [-0.4, -0.2) is 34.0 Å². The number of rotatable bonds is 6. The molecule has 1 unspecified atom stereocenters. The fourth-order valence-electron chi connectivity index (χ4n) is 2.37. The minimum absolute atomic E-state index is 0.103. The average Bonchev–Trinajstić information content (AvgIpc) is 2.47. The summed E-state index contributed by atoms with van der Waals surface area (Å²) in [5.74, 6) is 0. The van der Waals surface area contributed by atoms with Gasteiger partial charge in [0.15, 0.2) is 0 Å². The van der Waals surface area contributed by atoms with Gasteiger partial charge in [0.2, 0.25) is 10.0 Å². The third-order valence-electron chi connectivity index (χ3n) is 3.62. The van der Waals surface area contributed by atoms with E-state index in [1.807, 2.05) is 50.2 Å². The summed E-state index contributed by atoms with van der Waals surface area (Å²) in [6, 6.07) is 14.2. The van der Waals surface area contributed by atoms with E-state index in [1.165, 1.54) is 0 Å². The quantitative estimate of drug-likeness (QED) is 0.868. The number of sulfonamides is 1. The van der Waals surface area contributed by atoms with Gasteiger partial charge in [0.05, 0.1) is 4.90 Å². The molecular weight excluding hydrogens is 332 g/mol. The molecule has 0 amide bonds. The highest BCUT2D eigenvalue weighted by Crippen LogP contribution is 2.21. The van der Waals surface area contributed by atoms with E-state index in [0.717, 1.165) is 11.1 Å². The van der Waals surface area contributed by atoms with Gasteiger partial charge < -0.3 is 4.90 Å². The van der Waals surface area contributed by atoms with Crippen molar-refractivity contribution in [3.63, 3.8) is 0 Å². The highest BCUT2D eigenvalue weighted by molar-refractivity contribution is 7.89. The normalized spacial score (nSPS) is 13.3. The Bertz CT molecular complexity index is 776. The highest BCUT2D eigenvalue weighted by Gasteiger charge is 2.20. The number of benzene rings is 2. The number of likely N-dealkylation sites (N-methyl/N-ethyl adjacent to an activating group) is 1. The first kappa shape index (κ1) is 17.9. The molecule has 0 bridgehead atoms. The highest BCUT2D eigenvalue weighted by atomic mass is 35.5. The van der Waals surface area contributed by atoms with Gasteiger partial charge in [-0.15, -0.1) is 0 Å². The zero-order valence-electron chi connectivity index (χ0n) is 13.5. The van der Waals surface area contributed by atoms with Crippen molar-refractivity contribution in [3.8, 4) is 0 Å². The molecule has 2 aromatic carbocycles. The second kappa shape index (κ2) is 7.45. The number of hydrogen-bond donors (Lipinski definition) is 1. The van der Waals surface area contributed by atoms with Crippen LogP contribution in [0.25, 0.3) is 0 Å². The lowest BCUT2D eigenvalue weighted by atomic mass is 10.1. The average molecular weight is 353 g/mol. The Morgan fingerprint density at radius 2 is 1.83 bits per heavy atom. The second-order valence-corrected chi connectivity index (χ2v) is 7.91. The predicted octanol–water partition coefficient (Wildman–Crippen LogP) is 3.23. The molecule has 0 aliphatic heterocycles. The lowest BCUT2D eigenvalue weighted by Gasteiger charge is -2.25. The van der Waals surface area contributed by atoms with Gasteiger partial charge in [0, 0.05) is 17.6 Å². The van der Waals surface area contributed by atoms with Crippen LogP contribution >= 0.6 is 11.6 Å². The molecule has 0 aliphatic carbocycles. The van der Waals surface area contributed by atoms with Crippen molar-refractivity contribution < 1.29 is 8.42 Å². The molecule has 6 heteroatoms. The number of nitrogens with zero attached hydrogens (tertiary/aromatic N) is 1. The fraction of sp³-hybridized carbons (Fsp3) is 0.294. The van der Waals surface area contributed by atoms with Crippen molar-refractivity contribution in [3.05, 3.63) is 64.7 Å². The molecule has 0 saturated carbocycles. The molecule has 0 fully saturated rings. The van der Waals surface area contributed by atoms with E-state index in [0.29, 0.717) is 5.02 Å². The second-order valence-electron chi connectivity index (χ2n) is 5.70. The minimum atomic E-state index is -3.54. The molecule has 0 spiro atoms. The number of nitrogens with one attached hydrogen (secondary N) is 1. The zero-order valence-corrected chi connectivity index (χ0v) is 15.0. The van der Waals surface area contributed by atoms with Crippen molar-refractivity contribution in [2.75, 3.05) is 20.6 Å². The van der Waals surface area contributed by atoms with Crippen molar-refractivity contribution >= 4 is 21.6 Å². The number of halogens is 1. The molecule has 2 rings (SSSR count). The van der Waals surface area contributed by atoms with Crippen LogP contribution in [0.15, 0.2) is 53.4 Å². The summed E-state index contributed by atoms with van der Waals surface area (Å²) in [7, 11) is 0.279. The fourth-order valence-corrected chi connectivity index (χ4v) is 3.71. The zero-order chi connectivity index (χ0) is 17.0. The Kier molecular flexibility index (Phi) is 5.81. The van der Waals surface area contributed by atoms with E-state index < -0.39 is 10.0 Å². The monoisotopic (exact) mass is 352 g/mol. The lowest BCUT2D eigenvalue weighted by Crippen LogP contribution is -2.34. The van der Waals surface area contributed by atoms with Crippen LogP contribution < -0.4 is 4.72 Å². The summed E-state index contributed by atoms with van der Waals surface area (Å²) >= 11 is 6.04. The number of aryl methyl sites for hydroxylation is 1. The van der Waals surface area contributed by atoms with E-state index >= 15 is 0 Å². The van der Waals surface area contributed by atoms with Gasteiger partial charge in [-0.1, -0.05) is 35.9 Å². The van der Waals surface area contributed by atoms with Crippen molar-refractivity contribution in [1.82, 2.24) is 9.62 Å². The van der Waals surface area contributed by atoms with Crippen molar-refractivity contribution in [2.45, 2.75) is 17.9 Å². The van der Waals surface area contributed by atoms with Gasteiger partial charge in [-0.3, -0.25) is 0 Å². The van der Waals surface area contributed by atoms with Crippen LogP contribution in [0.2, 0.25) is 5.02 Å². The van der Waals surface area contributed by atoms with Crippen LogP contribution in [-0.2, 0) is 10.0 Å². The molecule has 4 nitrogen and oxygen atoms in total. The molecule has 0 radical (unpaired) electrons. The molecular formula is C17H21ClN2O2S. The van der Waals surface area contributed by atoms with E-state index in [2.05, 4.69) is 4.72 Å². The van der Waals surface area contributed by atoms with Crippen LogP contribution in [0.3, 0.4) is 0 Å². The van der Waals surface area contributed by atoms with Crippen molar-refractivity contribution in [1.29, 1.82) is 0 Å². The Morgan fingerprint density at radius 1 is 1.13 bits per heavy atom. The Morgan fingerprint density at radius 3 is 2.43 bits per heavy atom. The SMILES string of the molecule is Cc1cccc(S(=O)(=O)NCC(c2cccc(Cl)c2)N(C)C)c1. The van der Waals surface area contributed by atoms with Gasteiger partial charge in [0.25, 0.3) is 0 Å². The molecule has 23 heavy (non-hydrogen) atoms. The van der Waals surface area contributed by atoms with Gasteiger partial charge in [-0.2, -0.15) is 0 Å². The van der Waals surface area contributed by atoms with E-state index in [9.17, 15) is 8.42 Å². The maximum atomic E-state index is 12.5. The van der Waals surface area contributed by atoms with Crippen molar-refractivity contribution in [2.24, 2.45) is 0 Å². The lowest BCUT2D eigenvalue weighted by molar-refractivity contribution is 0.299. The minimum Gasteiger partial charge on any atom is -0.301 e. The molecule has 0 heterocycles. The summed E-state index contributed by atoms with van der Waals surface area (Å²) in [4.78, 5) is 2.24. The smallest absolute Gasteiger partial charge is 0.240 e. The molecule has 0 aromatic heterocycles. The summed E-state index contributed by atoms with van der Waals surface area (Å²) in [6.07, 6.45) is 0. The molecule has 2 aromatic rings. The topological polar surface area (TPSA) is 49.4 Å². The van der Waals surface area contributed by atoms with Gasteiger partial charge >= 0.3 is 0 Å². The third-order valence-corrected chi connectivity index (χ3v) is 5.28. The molecule has 0 aliphatic rings. The summed E-state index contributed by atoms with van der Waals surface area (Å²) in [5, 5.41) is 0.635. The Balaban J connectivity index is 2.19. The maximum Gasteiger partial charge on any atom is 0.240 e. The largest absolute Gasteiger partial charge is 0.301 e. The summed E-state index contributed by atoms with van der Waals surface area (Å²) < 4.78 is 27.6. The van der Waals surface area contributed by atoms with Gasteiger partial charge in [-0.25, -0.2) is 13.1 Å². The van der Waals surface area contributed by atoms with E-state index in [-0.39, 0.29) is 17.5 Å². The molecule has 1 atom stereocenters. The Hall–Kier alpha value is -1.40. The summed E-state index contributed by atoms with van der Waals surface area (Å²) in [5.41, 5.74) is 1.88. The Labute approximate surface area is 143 Å². The van der Waals surface area contributed by atoms with E-state index in [1.54, 1.807) is 24.3 Å². The standard InChI is InChI=1S/C17H21ClN2O2S/c1-13-6-4-9-16(10-13)23(21,22)19-12-17(20(2)3)14-7-5-8-15(18)11-14/h4-11,17,19H,12H2,1-3H3. The van der Waals surface area contributed by atoms with Crippen LogP contribution in [0.5, 0.6) is 0 Å². The summed E-state index contributed by atoms with van der Waals surface area (Å²) in [6.45, 7) is 2.14. The molecule has 124 valence electrons. The predicted molar refractivity (Wildman–Crippen MR) is 94.2 cm³/mol. The van der Waals surface area contributed by atoms with E-state index in [4.69, 9.17) is 11.6 Å². The first-order valence-electron chi connectivity index (χ1n) is 7.28. The van der Waals surface area contributed by atoms with Crippen LogP contribution in [0.1, 0.15) is 17.2 Å². The van der Waals surface area contributed by atoms with Gasteiger partial charge in [0.1, 0.15) is 0 Å². The third kappa shape index (κ3) is 4.78. The maximum absolute atomic E-state index is 12.5.